The smallest absolute Gasteiger partial charge is 0.138 e. The maximum Gasteiger partial charge on any atom is 0.138 e. The Bertz CT molecular complexity index is 340. The van der Waals surface area contributed by atoms with Crippen LogP contribution in [0.15, 0.2) is 6.33 Å². The number of hydrogen-bond acceptors (Lipinski definition) is 4. The number of likely N-dealkylation sites (N-methyl/N-ethyl adjacent to an activating group) is 1. The van der Waals surface area contributed by atoms with Crippen molar-refractivity contribution >= 4 is 0 Å². The van der Waals surface area contributed by atoms with Gasteiger partial charge in [0.25, 0.3) is 0 Å². The van der Waals surface area contributed by atoms with Crippen LogP contribution in [0, 0.1) is 0 Å². The van der Waals surface area contributed by atoms with Crippen LogP contribution in [-0.2, 0) is 13.5 Å². The Morgan fingerprint density at radius 1 is 1.41 bits per heavy atom. The lowest BCUT2D eigenvalue weighted by molar-refractivity contribution is 0.105. The molecule has 1 atom stereocenters. The molecule has 0 aromatic carbocycles. The molecule has 5 nitrogen and oxygen atoms in total. The van der Waals surface area contributed by atoms with Crippen molar-refractivity contribution in [3.63, 3.8) is 0 Å². The largest absolute Gasteiger partial charge is 0.326 e. The highest BCUT2D eigenvalue weighted by molar-refractivity contribution is 4.98. The van der Waals surface area contributed by atoms with Crippen LogP contribution in [0.1, 0.15) is 33.5 Å². The van der Waals surface area contributed by atoms with E-state index in [1.54, 1.807) is 11.0 Å². The molecular formula is C12H25N5. The fraction of sp³-hybridized carbons (Fsp3) is 0.833. The molecule has 17 heavy (non-hydrogen) atoms. The van der Waals surface area contributed by atoms with Gasteiger partial charge in [-0.3, -0.25) is 9.58 Å². The summed E-state index contributed by atoms with van der Waals surface area (Å²) in [6.07, 6.45) is 2.33. The van der Waals surface area contributed by atoms with Crippen molar-refractivity contribution in [3.05, 3.63) is 12.2 Å². The first kappa shape index (κ1) is 14.1. The molecule has 2 N–H and O–H groups in total. The fourth-order valence-electron chi connectivity index (χ4n) is 2.22. The highest BCUT2D eigenvalue weighted by Crippen LogP contribution is 2.19. The molecule has 5 heteroatoms. The molecule has 1 aromatic rings. The van der Waals surface area contributed by atoms with E-state index in [0.29, 0.717) is 0 Å². The molecule has 1 rings (SSSR count). The summed E-state index contributed by atoms with van der Waals surface area (Å²) >= 11 is 0. The van der Waals surface area contributed by atoms with Crippen molar-refractivity contribution in [1.29, 1.82) is 0 Å². The van der Waals surface area contributed by atoms with Crippen LogP contribution < -0.4 is 5.73 Å². The highest BCUT2D eigenvalue weighted by atomic mass is 15.3. The second-order valence-corrected chi connectivity index (χ2v) is 4.94. The maximum atomic E-state index is 6.34. The van der Waals surface area contributed by atoms with Crippen LogP contribution in [0.3, 0.4) is 0 Å². The van der Waals surface area contributed by atoms with Crippen LogP contribution in [-0.4, -0.2) is 44.3 Å². The Kier molecular flexibility index (Phi) is 4.65. The van der Waals surface area contributed by atoms with Gasteiger partial charge in [-0.15, -0.1) is 0 Å². The monoisotopic (exact) mass is 239 g/mol. The van der Waals surface area contributed by atoms with Gasteiger partial charge in [0.15, 0.2) is 0 Å². The molecule has 1 unspecified atom stereocenters. The summed E-state index contributed by atoms with van der Waals surface area (Å²) in [5.41, 5.74) is 6.31. The Morgan fingerprint density at radius 2 is 2.00 bits per heavy atom. The lowest BCUT2D eigenvalue weighted by Gasteiger charge is -2.41. The molecule has 0 bridgehead atoms. The van der Waals surface area contributed by atoms with Crippen molar-refractivity contribution in [2.24, 2.45) is 12.8 Å². The van der Waals surface area contributed by atoms with E-state index in [4.69, 9.17) is 5.73 Å². The molecule has 0 amide bonds. The Balaban J connectivity index is 2.75. The van der Waals surface area contributed by atoms with Gasteiger partial charge < -0.3 is 5.73 Å². The molecule has 0 fully saturated rings. The van der Waals surface area contributed by atoms with Gasteiger partial charge in [-0.2, -0.15) is 5.10 Å². The molecule has 1 heterocycles. The van der Waals surface area contributed by atoms with Crippen molar-refractivity contribution in [2.75, 3.05) is 13.1 Å². The van der Waals surface area contributed by atoms with E-state index in [9.17, 15) is 0 Å². The maximum absolute atomic E-state index is 6.34. The summed E-state index contributed by atoms with van der Waals surface area (Å²) in [5, 5.41) is 4.07. The number of rotatable bonds is 6. The SMILES string of the molecule is CCN(CC)C(C)(C)C(N)Cc1ncnn1C. The van der Waals surface area contributed by atoms with Crippen molar-refractivity contribution in [1.82, 2.24) is 19.7 Å². The lowest BCUT2D eigenvalue weighted by Crippen LogP contribution is -2.57. The van der Waals surface area contributed by atoms with E-state index in [1.165, 1.54) is 0 Å². The summed E-state index contributed by atoms with van der Waals surface area (Å²) in [4.78, 5) is 6.62. The number of nitrogens with two attached hydrogens (primary N) is 1. The van der Waals surface area contributed by atoms with Crippen molar-refractivity contribution in [3.8, 4) is 0 Å². The quantitative estimate of drug-likeness (QED) is 0.798. The van der Waals surface area contributed by atoms with E-state index >= 15 is 0 Å². The summed E-state index contributed by atoms with van der Waals surface area (Å²) in [5.74, 6) is 0.942. The molecule has 0 aliphatic rings. The average molecular weight is 239 g/mol. The summed E-state index contributed by atoms with van der Waals surface area (Å²) < 4.78 is 1.79. The van der Waals surface area contributed by atoms with E-state index in [2.05, 4.69) is 42.7 Å². The first-order valence-corrected chi connectivity index (χ1v) is 6.26. The van der Waals surface area contributed by atoms with Gasteiger partial charge in [-0.25, -0.2) is 4.98 Å². The third-order valence-corrected chi connectivity index (χ3v) is 3.69. The zero-order valence-corrected chi connectivity index (χ0v) is 11.6. The van der Waals surface area contributed by atoms with Gasteiger partial charge >= 0.3 is 0 Å². The average Bonchev–Trinajstić information content (AvgIpc) is 2.65. The van der Waals surface area contributed by atoms with Gasteiger partial charge in [0.2, 0.25) is 0 Å². The van der Waals surface area contributed by atoms with Gasteiger partial charge in [0.1, 0.15) is 12.2 Å². The van der Waals surface area contributed by atoms with Crippen LogP contribution >= 0.6 is 0 Å². The molecule has 0 saturated carbocycles. The summed E-state index contributed by atoms with van der Waals surface area (Å²) in [7, 11) is 1.90. The molecule has 0 saturated heterocycles. The molecule has 1 aromatic heterocycles. The normalized spacial score (nSPS) is 14.3. The van der Waals surface area contributed by atoms with Crippen LogP contribution in [0.2, 0.25) is 0 Å². The number of aromatic nitrogens is 3. The zero-order valence-electron chi connectivity index (χ0n) is 11.6. The van der Waals surface area contributed by atoms with E-state index in [-0.39, 0.29) is 11.6 Å². The molecule has 98 valence electrons. The molecule has 0 aliphatic heterocycles. The Hall–Kier alpha value is -0.940. The first-order chi connectivity index (χ1) is 7.93. The predicted octanol–water partition coefficient (Wildman–Crippen LogP) is 0.805. The molecule has 0 spiro atoms. The van der Waals surface area contributed by atoms with Gasteiger partial charge in [0, 0.05) is 25.0 Å². The van der Waals surface area contributed by atoms with Crippen LogP contribution in [0.5, 0.6) is 0 Å². The molecule has 0 radical (unpaired) electrons. The van der Waals surface area contributed by atoms with E-state index in [0.717, 1.165) is 25.3 Å². The third kappa shape index (κ3) is 3.04. The third-order valence-electron chi connectivity index (χ3n) is 3.69. The van der Waals surface area contributed by atoms with Crippen LogP contribution in [0.4, 0.5) is 0 Å². The number of aryl methyl sites for hydroxylation is 1. The zero-order chi connectivity index (χ0) is 13.1. The Labute approximate surface area is 104 Å². The number of nitrogens with zero attached hydrogens (tertiary/aromatic N) is 4. The molecular weight excluding hydrogens is 214 g/mol. The van der Waals surface area contributed by atoms with Gasteiger partial charge in [0.05, 0.1) is 0 Å². The lowest BCUT2D eigenvalue weighted by atomic mass is 9.90. The minimum absolute atomic E-state index is 0.0323. The summed E-state index contributed by atoms with van der Waals surface area (Å²) in [6, 6.07) is 0.0466. The second-order valence-electron chi connectivity index (χ2n) is 4.94. The standard InChI is InChI=1S/C12H25N5/c1-6-17(7-2)12(3,4)10(13)8-11-14-9-15-16(11)5/h9-10H,6-8,13H2,1-5H3. The number of hydrogen-bond donors (Lipinski definition) is 1. The minimum atomic E-state index is -0.0323. The minimum Gasteiger partial charge on any atom is -0.326 e. The van der Waals surface area contributed by atoms with Gasteiger partial charge in [-0.05, 0) is 26.9 Å². The predicted molar refractivity (Wildman–Crippen MR) is 69.7 cm³/mol. The summed E-state index contributed by atoms with van der Waals surface area (Å²) in [6.45, 7) is 10.7. The fourth-order valence-corrected chi connectivity index (χ4v) is 2.22. The van der Waals surface area contributed by atoms with Crippen LogP contribution in [0.25, 0.3) is 0 Å². The molecule has 0 aliphatic carbocycles. The van der Waals surface area contributed by atoms with E-state index in [1.807, 2.05) is 7.05 Å². The Morgan fingerprint density at radius 3 is 2.41 bits per heavy atom. The topological polar surface area (TPSA) is 60.0 Å². The van der Waals surface area contributed by atoms with Crippen molar-refractivity contribution < 1.29 is 0 Å². The first-order valence-electron chi connectivity index (χ1n) is 6.26. The second kappa shape index (κ2) is 5.60. The van der Waals surface area contributed by atoms with Gasteiger partial charge in [-0.1, -0.05) is 13.8 Å². The van der Waals surface area contributed by atoms with Crippen molar-refractivity contribution in [2.45, 2.75) is 45.7 Å². The highest BCUT2D eigenvalue weighted by Gasteiger charge is 2.32. The van der Waals surface area contributed by atoms with E-state index < -0.39 is 0 Å².